The third kappa shape index (κ3) is 5.57. The molecule has 162 valence electrons. The number of nitrogens with zero attached hydrogens (tertiary/aromatic N) is 1. The first kappa shape index (κ1) is 21.6. The predicted octanol–water partition coefficient (Wildman–Crippen LogP) is 4.93. The van der Waals surface area contributed by atoms with Crippen molar-refractivity contribution in [1.82, 2.24) is 4.98 Å². The maximum Gasteiger partial charge on any atom is 0.331 e. The molecule has 4 rings (SSSR count). The second-order valence-corrected chi connectivity index (χ2v) is 7.18. The first-order chi connectivity index (χ1) is 16.1. The summed E-state index contributed by atoms with van der Waals surface area (Å²) in [6.45, 7) is -0.382. The van der Waals surface area contributed by atoms with Gasteiger partial charge in [0, 0.05) is 40.0 Å². The number of benzene rings is 3. The molecule has 0 aliphatic carbocycles. The van der Waals surface area contributed by atoms with Crippen LogP contribution in [-0.4, -0.2) is 29.3 Å². The van der Waals surface area contributed by atoms with Gasteiger partial charge in [0.2, 0.25) is 0 Å². The number of anilines is 1. The number of nitrogens with one attached hydrogen (secondary N) is 1. The van der Waals surface area contributed by atoms with Crippen LogP contribution in [0.2, 0.25) is 0 Å². The van der Waals surface area contributed by atoms with E-state index in [9.17, 15) is 14.4 Å². The predicted molar refractivity (Wildman–Crippen MR) is 127 cm³/mol. The average molecular weight is 436 g/mol. The van der Waals surface area contributed by atoms with Crippen molar-refractivity contribution in [2.75, 3.05) is 11.9 Å². The molecule has 33 heavy (non-hydrogen) atoms. The Hall–Kier alpha value is -4.58. The van der Waals surface area contributed by atoms with Crippen molar-refractivity contribution in [1.29, 1.82) is 0 Å². The van der Waals surface area contributed by atoms with Crippen LogP contribution in [0.3, 0.4) is 0 Å². The van der Waals surface area contributed by atoms with Crippen molar-refractivity contribution < 1.29 is 19.1 Å². The van der Waals surface area contributed by atoms with Gasteiger partial charge in [-0.2, -0.15) is 0 Å². The van der Waals surface area contributed by atoms with E-state index in [2.05, 4.69) is 10.3 Å². The lowest BCUT2D eigenvalue weighted by Crippen LogP contribution is -2.13. The first-order valence-corrected chi connectivity index (χ1v) is 10.3. The Morgan fingerprint density at radius 1 is 0.818 bits per heavy atom. The van der Waals surface area contributed by atoms with Gasteiger partial charge in [-0.15, -0.1) is 0 Å². The maximum absolute atomic E-state index is 12.4. The highest BCUT2D eigenvalue weighted by Crippen LogP contribution is 2.17. The number of pyridine rings is 1. The maximum atomic E-state index is 12.4. The number of para-hydroxylation sites is 1. The second-order valence-electron chi connectivity index (χ2n) is 7.18. The van der Waals surface area contributed by atoms with E-state index < -0.39 is 5.97 Å². The summed E-state index contributed by atoms with van der Waals surface area (Å²) in [5.74, 6) is -1.20. The quantitative estimate of drug-likeness (QED) is 0.252. The van der Waals surface area contributed by atoms with Crippen LogP contribution in [0.1, 0.15) is 26.3 Å². The van der Waals surface area contributed by atoms with E-state index in [0.29, 0.717) is 16.8 Å². The number of ketones is 1. The minimum absolute atomic E-state index is 0.239. The molecule has 1 heterocycles. The Morgan fingerprint density at radius 3 is 2.36 bits per heavy atom. The van der Waals surface area contributed by atoms with Crippen LogP contribution in [-0.2, 0) is 9.53 Å². The van der Waals surface area contributed by atoms with Crippen LogP contribution in [0.15, 0.2) is 97.2 Å². The first-order valence-electron chi connectivity index (χ1n) is 10.3. The number of carbonyl (C=O) groups is 3. The molecular weight excluding hydrogens is 416 g/mol. The summed E-state index contributed by atoms with van der Waals surface area (Å²) in [7, 11) is 0. The molecule has 0 saturated carbocycles. The smallest absolute Gasteiger partial charge is 0.331 e. The number of hydrogen-bond acceptors (Lipinski definition) is 5. The summed E-state index contributed by atoms with van der Waals surface area (Å²) >= 11 is 0. The van der Waals surface area contributed by atoms with Gasteiger partial charge in [-0.05, 0) is 48.5 Å². The Balaban J connectivity index is 1.31. The van der Waals surface area contributed by atoms with Gasteiger partial charge < -0.3 is 10.1 Å². The molecular formula is C27H20N2O4. The normalized spacial score (nSPS) is 10.8. The lowest BCUT2D eigenvalue weighted by molar-refractivity contribution is -0.136. The Kier molecular flexibility index (Phi) is 6.66. The lowest BCUT2D eigenvalue weighted by atomic mass is 10.1. The minimum Gasteiger partial charge on any atom is -0.454 e. The zero-order valence-corrected chi connectivity index (χ0v) is 17.6. The third-order valence-electron chi connectivity index (χ3n) is 4.91. The van der Waals surface area contributed by atoms with Crippen molar-refractivity contribution in [2.24, 2.45) is 0 Å². The highest BCUT2D eigenvalue weighted by Gasteiger charge is 2.10. The Labute approximate surface area is 190 Å². The highest BCUT2D eigenvalue weighted by atomic mass is 16.5. The number of aromatic nitrogens is 1. The molecule has 1 N–H and O–H groups in total. The van der Waals surface area contributed by atoms with Gasteiger partial charge in [-0.25, -0.2) is 4.79 Å². The average Bonchev–Trinajstić information content (AvgIpc) is 2.87. The summed E-state index contributed by atoms with van der Waals surface area (Å²) in [6.07, 6.45) is 4.58. The van der Waals surface area contributed by atoms with E-state index in [1.54, 1.807) is 60.8 Å². The molecule has 6 nitrogen and oxygen atoms in total. The molecule has 3 aromatic carbocycles. The molecule has 4 aromatic rings. The van der Waals surface area contributed by atoms with E-state index >= 15 is 0 Å². The zero-order chi connectivity index (χ0) is 23.0. The number of fused-ring (bicyclic) bond motifs is 1. The molecule has 0 saturated heterocycles. The number of rotatable bonds is 7. The van der Waals surface area contributed by atoms with Crippen molar-refractivity contribution in [2.45, 2.75) is 0 Å². The van der Waals surface area contributed by atoms with Crippen molar-refractivity contribution in [3.8, 4) is 0 Å². The fourth-order valence-electron chi connectivity index (χ4n) is 3.22. The molecule has 0 atom stereocenters. The Bertz CT molecular complexity index is 1320. The SMILES string of the molecule is O=C(/C=C/c1cccc2cccnc12)OCC(=O)c1ccc(NC(=O)c2ccccc2)cc1. The van der Waals surface area contributed by atoms with Crippen molar-refractivity contribution in [3.05, 3.63) is 114 Å². The van der Waals surface area contributed by atoms with E-state index in [1.165, 1.54) is 6.08 Å². The van der Waals surface area contributed by atoms with Crippen molar-refractivity contribution in [3.63, 3.8) is 0 Å². The second kappa shape index (κ2) is 10.2. The van der Waals surface area contributed by atoms with Gasteiger partial charge in [-0.1, -0.05) is 42.5 Å². The molecule has 6 heteroatoms. The third-order valence-corrected chi connectivity index (χ3v) is 4.91. The van der Waals surface area contributed by atoms with Crippen LogP contribution < -0.4 is 5.32 Å². The topological polar surface area (TPSA) is 85.4 Å². The molecule has 0 fully saturated rings. The van der Waals surface area contributed by atoms with Gasteiger partial charge in [0.1, 0.15) is 0 Å². The largest absolute Gasteiger partial charge is 0.454 e. The van der Waals surface area contributed by atoms with E-state index in [0.717, 1.165) is 16.5 Å². The number of carbonyl (C=O) groups excluding carboxylic acids is 3. The standard InChI is InChI=1S/C27H20N2O4/c30-24(19-11-14-23(15-12-19)29-27(32)22-6-2-1-3-7-22)18-33-25(31)16-13-21-9-4-8-20-10-5-17-28-26(20)21/h1-17H,18H2,(H,29,32)/b16-13+. The lowest BCUT2D eigenvalue weighted by Gasteiger charge is -2.07. The summed E-state index contributed by atoms with van der Waals surface area (Å²) in [4.78, 5) is 41.0. The fraction of sp³-hybridized carbons (Fsp3) is 0.0370. The van der Waals surface area contributed by atoms with Crippen LogP contribution in [0.25, 0.3) is 17.0 Å². The van der Waals surface area contributed by atoms with E-state index in [1.807, 2.05) is 36.4 Å². The fourth-order valence-corrected chi connectivity index (χ4v) is 3.22. The summed E-state index contributed by atoms with van der Waals surface area (Å²) in [5, 5.41) is 3.73. The Morgan fingerprint density at radius 2 is 1.58 bits per heavy atom. The van der Waals surface area contributed by atoms with Gasteiger partial charge in [0.25, 0.3) is 5.91 Å². The summed E-state index contributed by atoms with van der Waals surface area (Å²) < 4.78 is 5.08. The minimum atomic E-state index is -0.622. The zero-order valence-electron chi connectivity index (χ0n) is 17.6. The molecule has 0 bridgehead atoms. The number of hydrogen-bond donors (Lipinski definition) is 1. The molecule has 0 aliphatic rings. The van der Waals surface area contributed by atoms with E-state index in [-0.39, 0.29) is 18.3 Å². The molecule has 0 aliphatic heterocycles. The van der Waals surface area contributed by atoms with E-state index in [4.69, 9.17) is 4.74 Å². The number of amides is 1. The molecule has 0 spiro atoms. The van der Waals surface area contributed by atoms with Gasteiger partial charge in [0.05, 0.1) is 5.52 Å². The number of esters is 1. The van der Waals surface area contributed by atoms with Gasteiger partial charge in [0.15, 0.2) is 12.4 Å². The monoisotopic (exact) mass is 436 g/mol. The highest BCUT2D eigenvalue weighted by molar-refractivity contribution is 6.05. The summed E-state index contributed by atoms with van der Waals surface area (Å²) in [5.41, 5.74) is 3.03. The van der Waals surface area contributed by atoms with Crippen LogP contribution in [0.5, 0.6) is 0 Å². The molecule has 0 radical (unpaired) electrons. The summed E-state index contributed by atoms with van der Waals surface area (Å²) in [6, 6.07) is 24.7. The molecule has 1 amide bonds. The van der Waals surface area contributed by atoms with Crippen LogP contribution >= 0.6 is 0 Å². The van der Waals surface area contributed by atoms with Gasteiger partial charge >= 0.3 is 5.97 Å². The molecule has 1 aromatic heterocycles. The molecule has 0 unspecified atom stereocenters. The van der Waals surface area contributed by atoms with Crippen molar-refractivity contribution >= 4 is 40.3 Å². The number of ether oxygens (including phenoxy) is 1. The van der Waals surface area contributed by atoms with Crippen LogP contribution in [0, 0.1) is 0 Å². The van der Waals surface area contributed by atoms with Crippen LogP contribution in [0.4, 0.5) is 5.69 Å². The van der Waals surface area contributed by atoms with Gasteiger partial charge in [-0.3, -0.25) is 14.6 Å². The number of Topliss-reactive ketones (excluding diaryl/α,β-unsaturated/α-hetero) is 1.